The summed E-state index contributed by atoms with van der Waals surface area (Å²) >= 11 is 7.38. The Hall–Kier alpha value is -2.97. The quantitative estimate of drug-likeness (QED) is 0.530. The number of nitrogens with two attached hydrogens (primary N) is 1. The molecular formula is C24H26ClN5O2S. The van der Waals surface area contributed by atoms with Crippen molar-refractivity contribution in [2.45, 2.75) is 32.9 Å². The van der Waals surface area contributed by atoms with Crippen LogP contribution in [0.25, 0.3) is 17.0 Å². The lowest BCUT2D eigenvalue weighted by molar-refractivity contribution is -0.150. The van der Waals surface area contributed by atoms with E-state index in [9.17, 15) is 9.59 Å². The van der Waals surface area contributed by atoms with Gasteiger partial charge in [0.1, 0.15) is 18.2 Å². The van der Waals surface area contributed by atoms with Crippen LogP contribution in [0.2, 0.25) is 4.34 Å². The van der Waals surface area contributed by atoms with Crippen LogP contribution in [0.15, 0.2) is 42.7 Å². The van der Waals surface area contributed by atoms with Gasteiger partial charge in [-0.15, -0.1) is 11.3 Å². The highest BCUT2D eigenvalue weighted by atomic mass is 35.5. The first kappa shape index (κ1) is 23.2. The van der Waals surface area contributed by atoms with Crippen molar-refractivity contribution in [1.82, 2.24) is 19.8 Å². The molecule has 1 saturated heterocycles. The molecule has 0 aliphatic carbocycles. The molecule has 2 N–H and O–H groups in total. The molecule has 0 spiro atoms. The molecule has 2 amide bonds. The van der Waals surface area contributed by atoms with Crippen molar-refractivity contribution in [3.05, 3.63) is 57.5 Å². The van der Waals surface area contributed by atoms with Crippen molar-refractivity contribution in [2.75, 3.05) is 18.8 Å². The topological polar surface area (TPSA) is 92.4 Å². The highest BCUT2D eigenvalue weighted by molar-refractivity contribution is 7.17. The van der Waals surface area contributed by atoms with Crippen molar-refractivity contribution in [3.8, 4) is 0 Å². The van der Waals surface area contributed by atoms with Gasteiger partial charge in [-0.2, -0.15) is 0 Å². The summed E-state index contributed by atoms with van der Waals surface area (Å²) in [4.78, 5) is 39.1. The maximum absolute atomic E-state index is 13.4. The van der Waals surface area contributed by atoms with E-state index in [-0.39, 0.29) is 17.7 Å². The molecule has 1 aromatic carbocycles. The van der Waals surface area contributed by atoms with E-state index in [0.29, 0.717) is 36.2 Å². The summed E-state index contributed by atoms with van der Waals surface area (Å²) in [5, 5.41) is 0.791. The summed E-state index contributed by atoms with van der Waals surface area (Å²) in [6.07, 6.45) is 5.34. The molecule has 9 heteroatoms. The summed E-state index contributed by atoms with van der Waals surface area (Å²) in [5.41, 5.74) is 7.63. The fraction of sp³-hybridized carbons (Fsp3) is 0.333. The average molecular weight is 484 g/mol. The fourth-order valence-electron chi connectivity index (χ4n) is 4.04. The highest BCUT2D eigenvalue weighted by Gasteiger charge is 2.36. The predicted octanol–water partition coefficient (Wildman–Crippen LogP) is 4.23. The number of nitrogens with zero attached hydrogens (tertiary/aromatic N) is 4. The Morgan fingerprint density at radius 1 is 1.27 bits per heavy atom. The number of nitrogen functional groups attached to an aromatic ring is 1. The second-order valence-corrected chi connectivity index (χ2v) is 10.3. The molecule has 4 rings (SSSR count). The minimum atomic E-state index is -0.485. The number of piperazine rings is 1. The lowest BCUT2D eigenvalue weighted by Gasteiger charge is -2.41. The second kappa shape index (κ2) is 9.89. The molecule has 2 aromatic heterocycles. The molecule has 0 bridgehead atoms. The number of thiophene rings is 1. The van der Waals surface area contributed by atoms with Crippen molar-refractivity contribution < 1.29 is 9.59 Å². The van der Waals surface area contributed by atoms with Crippen molar-refractivity contribution in [3.63, 3.8) is 0 Å². The van der Waals surface area contributed by atoms with E-state index in [0.717, 1.165) is 21.3 Å². The van der Waals surface area contributed by atoms with Crippen LogP contribution >= 0.6 is 22.9 Å². The van der Waals surface area contributed by atoms with Crippen molar-refractivity contribution in [2.24, 2.45) is 5.92 Å². The lowest BCUT2D eigenvalue weighted by Crippen LogP contribution is -2.58. The van der Waals surface area contributed by atoms with Gasteiger partial charge >= 0.3 is 0 Å². The second-order valence-electron chi connectivity index (χ2n) is 8.52. The minimum Gasteiger partial charge on any atom is -0.383 e. The van der Waals surface area contributed by atoms with Crippen LogP contribution in [-0.2, 0) is 16.1 Å². The van der Waals surface area contributed by atoms with Gasteiger partial charge in [0.15, 0.2) is 0 Å². The molecule has 1 aliphatic heterocycles. The maximum atomic E-state index is 13.4. The number of amides is 2. The Balaban J connectivity index is 1.50. The number of fused-ring (bicyclic) bond motifs is 1. The largest absolute Gasteiger partial charge is 0.383 e. The zero-order chi connectivity index (χ0) is 23.5. The van der Waals surface area contributed by atoms with Crippen LogP contribution in [0.4, 0.5) is 5.82 Å². The molecule has 0 radical (unpaired) electrons. The molecule has 172 valence electrons. The molecule has 1 aliphatic rings. The number of carbonyl (C=O) groups is 2. The predicted molar refractivity (Wildman–Crippen MR) is 133 cm³/mol. The van der Waals surface area contributed by atoms with Crippen molar-refractivity contribution in [1.29, 1.82) is 0 Å². The van der Waals surface area contributed by atoms with Crippen LogP contribution in [0.5, 0.6) is 0 Å². The summed E-state index contributed by atoms with van der Waals surface area (Å²) in [7, 11) is 0. The normalized spacial score (nSPS) is 17.0. The number of hydrogen-bond donors (Lipinski definition) is 1. The molecule has 0 saturated carbocycles. The number of anilines is 1. The summed E-state index contributed by atoms with van der Waals surface area (Å²) < 4.78 is 0.673. The Labute approximate surface area is 201 Å². The Kier molecular flexibility index (Phi) is 6.95. The number of carbonyl (C=O) groups excluding carboxylic acids is 2. The van der Waals surface area contributed by atoms with E-state index >= 15 is 0 Å². The SMILES string of the molecule is CC(C)CC1C(=O)N(Cc2ccc3c(N)ncnc3c2)CCN1C(=O)/C=C/c1ccc(Cl)s1. The fourth-order valence-corrected chi connectivity index (χ4v) is 5.01. The monoisotopic (exact) mass is 483 g/mol. The highest BCUT2D eigenvalue weighted by Crippen LogP contribution is 2.25. The third-order valence-corrected chi connectivity index (χ3v) is 6.85. The van der Waals surface area contributed by atoms with E-state index in [1.807, 2.05) is 29.2 Å². The Bertz CT molecular complexity index is 1210. The van der Waals surface area contributed by atoms with Gasteiger partial charge < -0.3 is 15.5 Å². The zero-order valence-corrected chi connectivity index (χ0v) is 20.1. The third kappa shape index (κ3) is 5.34. The summed E-state index contributed by atoms with van der Waals surface area (Å²) in [6.45, 7) is 5.54. The van der Waals surface area contributed by atoms with Gasteiger partial charge in [0.05, 0.1) is 9.85 Å². The third-order valence-electron chi connectivity index (χ3n) is 5.65. The first-order chi connectivity index (χ1) is 15.8. The van der Waals surface area contributed by atoms with Gasteiger partial charge in [-0.3, -0.25) is 9.59 Å². The maximum Gasteiger partial charge on any atom is 0.247 e. The Morgan fingerprint density at radius 3 is 2.82 bits per heavy atom. The summed E-state index contributed by atoms with van der Waals surface area (Å²) in [5.74, 6) is 0.522. The van der Waals surface area contributed by atoms with E-state index < -0.39 is 6.04 Å². The molecule has 1 unspecified atom stereocenters. The van der Waals surface area contributed by atoms with Gasteiger partial charge in [-0.05, 0) is 48.2 Å². The first-order valence-corrected chi connectivity index (χ1v) is 12.0. The standard InChI is InChI=1S/C24H26ClN5O2S/c1-15(2)11-20-24(32)29(13-16-3-6-18-19(12-16)27-14-28-23(18)26)9-10-30(20)22(31)8-5-17-4-7-21(25)33-17/h3-8,12,14-15,20H,9-11,13H2,1-2H3,(H2,26,27,28)/b8-5+. The number of rotatable bonds is 6. The Morgan fingerprint density at radius 2 is 2.09 bits per heavy atom. The van der Waals surface area contributed by atoms with Gasteiger partial charge in [-0.25, -0.2) is 9.97 Å². The number of aromatic nitrogens is 2. The molecule has 1 atom stereocenters. The smallest absolute Gasteiger partial charge is 0.247 e. The van der Waals surface area contributed by atoms with Crippen LogP contribution in [-0.4, -0.2) is 50.7 Å². The van der Waals surface area contributed by atoms with Crippen LogP contribution in [0.3, 0.4) is 0 Å². The number of benzene rings is 1. The van der Waals surface area contributed by atoms with Gasteiger partial charge in [-0.1, -0.05) is 31.5 Å². The molecule has 33 heavy (non-hydrogen) atoms. The van der Waals surface area contributed by atoms with E-state index in [1.165, 1.54) is 23.7 Å². The average Bonchev–Trinajstić information content (AvgIpc) is 3.20. The molecule has 3 aromatic rings. The molecule has 3 heterocycles. The van der Waals surface area contributed by atoms with E-state index in [1.54, 1.807) is 17.0 Å². The molecule has 1 fully saturated rings. The van der Waals surface area contributed by atoms with E-state index in [2.05, 4.69) is 23.8 Å². The van der Waals surface area contributed by atoms with E-state index in [4.69, 9.17) is 17.3 Å². The van der Waals surface area contributed by atoms with Crippen LogP contribution in [0.1, 0.15) is 30.7 Å². The molecule has 7 nitrogen and oxygen atoms in total. The van der Waals surface area contributed by atoms with Gasteiger partial charge in [0, 0.05) is 36.0 Å². The van der Waals surface area contributed by atoms with Gasteiger partial charge in [0.25, 0.3) is 0 Å². The zero-order valence-electron chi connectivity index (χ0n) is 18.6. The number of hydrogen-bond acceptors (Lipinski definition) is 6. The minimum absolute atomic E-state index is 0.0295. The molecular weight excluding hydrogens is 458 g/mol. The lowest BCUT2D eigenvalue weighted by atomic mass is 9.98. The van der Waals surface area contributed by atoms with Crippen LogP contribution in [0, 0.1) is 5.92 Å². The van der Waals surface area contributed by atoms with Gasteiger partial charge in [0.2, 0.25) is 11.8 Å². The van der Waals surface area contributed by atoms with Crippen molar-refractivity contribution >= 4 is 57.5 Å². The number of halogens is 1. The summed E-state index contributed by atoms with van der Waals surface area (Å²) in [6, 6.07) is 8.95. The first-order valence-electron chi connectivity index (χ1n) is 10.8. The van der Waals surface area contributed by atoms with Crippen LogP contribution < -0.4 is 5.73 Å².